The van der Waals surface area contributed by atoms with Crippen LogP contribution in [0.3, 0.4) is 0 Å². The summed E-state index contributed by atoms with van der Waals surface area (Å²) < 4.78 is 28.7. The summed E-state index contributed by atoms with van der Waals surface area (Å²) in [5.41, 5.74) is 1.14. The van der Waals surface area contributed by atoms with E-state index in [0.717, 1.165) is 20.0 Å². The Bertz CT molecular complexity index is 1180. The number of amides is 1. The molecular formula is C21H23ClN4O3S3. The second-order valence-electron chi connectivity index (χ2n) is 7.38. The number of rotatable bonds is 9. The molecule has 7 nitrogen and oxygen atoms in total. The van der Waals surface area contributed by atoms with E-state index in [0.29, 0.717) is 21.8 Å². The number of hydrogen-bond donors (Lipinski definition) is 1. The number of aromatic nitrogens is 2. The first-order valence-corrected chi connectivity index (χ1v) is 13.4. The van der Waals surface area contributed by atoms with Crippen molar-refractivity contribution in [1.29, 1.82) is 0 Å². The summed E-state index contributed by atoms with van der Waals surface area (Å²) in [6.07, 6.45) is 0. The number of hydrogen-bond acceptors (Lipinski definition) is 7. The molecule has 32 heavy (non-hydrogen) atoms. The van der Waals surface area contributed by atoms with Crippen molar-refractivity contribution in [2.75, 3.05) is 21.9 Å². The standard InChI is InChI=1S/C21H23ClN4O3S3/c1-14(2)13-30-21-25-24-20(31-21)23-19(27)12-26(18-7-5-4-6-15(18)3)32(28,29)17-10-8-16(22)9-11-17/h4-11,14H,12-13H2,1-3H3,(H,23,24,27). The number of para-hydroxylation sites is 1. The largest absolute Gasteiger partial charge is 0.299 e. The molecule has 11 heteroatoms. The number of halogens is 1. The predicted octanol–water partition coefficient (Wildman–Crippen LogP) is 5.08. The van der Waals surface area contributed by atoms with E-state index in [4.69, 9.17) is 11.6 Å². The Morgan fingerprint density at radius 2 is 1.84 bits per heavy atom. The van der Waals surface area contributed by atoms with Crippen LogP contribution in [0.2, 0.25) is 5.02 Å². The molecule has 0 spiro atoms. The van der Waals surface area contributed by atoms with Gasteiger partial charge in [0.25, 0.3) is 10.0 Å². The van der Waals surface area contributed by atoms with Gasteiger partial charge >= 0.3 is 0 Å². The summed E-state index contributed by atoms with van der Waals surface area (Å²) in [4.78, 5) is 12.9. The fourth-order valence-corrected chi connectivity index (χ4v) is 6.08. The molecule has 0 fully saturated rings. The number of anilines is 2. The molecule has 0 saturated carbocycles. The lowest BCUT2D eigenvalue weighted by Gasteiger charge is -2.25. The number of thioether (sulfide) groups is 1. The zero-order valence-electron chi connectivity index (χ0n) is 17.8. The van der Waals surface area contributed by atoms with E-state index in [1.807, 2.05) is 6.07 Å². The Morgan fingerprint density at radius 1 is 1.16 bits per heavy atom. The third kappa shape index (κ3) is 6.22. The van der Waals surface area contributed by atoms with Crippen molar-refractivity contribution in [2.24, 2.45) is 5.92 Å². The molecule has 1 heterocycles. The highest BCUT2D eigenvalue weighted by Gasteiger charge is 2.28. The second kappa shape index (κ2) is 10.7. The Labute approximate surface area is 201 Å². The Balaban J connectivity index is 1.84. The van der Waals surface area contributed by atoms with E-state index in [1.54, 1.807) is 36.9 Å². The van der Waals surface area contributed by atoms with Gasteiger partial charge in [0.1, 0.15) is 6.54 Å². The molecule has 0 radical (unpaired) electrons. The van der Waals surface area contributed by atoms with Gasteiger partial charge in [-0.2, -0.15) is 0 Å². The summed E-state index contributed by atoms with van der Waals surface area (Å²) in [5.74, 6) is 0.883. The van der Waals surface area contributed by atoms with Crippen molar-refractivity contribution >= 4 is 61.4 Å². The number of nitrogens with zero attached hydrogens (tertiary/aromatic N) is 3. The number of sulfonamides is 1. The lowest BCUT2D eigenvalue weighted by atomic mass is 10.2. The Morgan fingerprint density at radius 3 is 2.50 bits per heavy atom. The predicted molar refractivity (Wildman–Crippen MR) is 131 cm³/mol. The van der Waals surface area contributed by atoms with Gasteiger partial charge in [0.05, 0.1) is 10.6 Å². The maximum Gasteiger partial charge on any atom is 0.264 e. The average molecular weight is 511 g/mol. The quantitative estimate of drug-likeness (QED) is 0.318. The maximum absolute atomic E-state index is 13.4. The Kier molecular flexibility index (Phi) is 8.16. The summed E-state index contributed by atoms with van der Waals surface area (Å²) >= 11 is 8.74. The van der Waals surface area contributed by atoms with Crippen molar-refractivity contribution in [3.63, 3.8) is 0 Å². The lowest BCUT2D eigenvalue weighted by Crippen LogP contribution is -2.38. The molecule has 0 unspecified atom stereocenters. The molecule has 0 saturated heterocycles. The van der Waals surface area contributed by atoms with E-state index >= 15 is 0 Å². The van der Waals surface area contributed by atoms with E-state index in [1.165, 1.54) is 35.6 Å². The van der Waals surface area contributed by atoms with Crippen molar-refractivity contribution < 1.29 is 13.2 Å². The first-order chi connectivity index (χ1) is 15.2. The van der Waals surface area contributed by atoms with Gasteiger partial charge in [-0.15, -0.1) is 10.2 Å². The minimum atomic E-state index is -4.02. The second-order valence-corrected chi connectivity index (χ2v) is 11.9. The minimum Gasteiger partial charge on any atom is -0.299 e. The molecular weight excluding hydrogens is 488 g/mol. The van der Waals surface area contributed by atoms with E-state index in [-0.39, 0.29) is 4.90 Å². The highest BCUT2D eigenvalue weighted by atomic mass is 35.5. The van der Waals surface area contributed by atoms with Gasteiger partial charge in [0.2, 0.25) is 11.0 Å². The van der Waals surface area contributed by atoms with E-state index in [2.05, 4.69) is 29.4 Å². The first kappa shape index (κ1) is 24.5. The van der Waals surface area contributed by atoms with Crippen LogP contribution in [-0.2, 0) is 14.8 Å². The van der Waals surface area contributed by atoms with Crippen LogP contribution in [0.1, 0.15) is 19.4 Å². The average Bonchev–Trinajstić information content (AvgIpc) is 3.18. The highest BCUT2D eigenvalue weighted by Crippen LogP contribution is 2.29. The van der Waals surface area contributed by atoms with Gasteiger partial charge in [0, 0.05) is 10.8 Å². The monoisotopic (exact) mass is 510 g/mol. The SMILES string of the molecule is Cc1ccccc1N(CC(=O)Nc1nnc(SCC(C)C)s1)S(=O)(=O)c1ccc(Cl)cc1. The summed E-state index contributed by atoms with van der Waals surface area (Å²) in [5, 5.41) is 11.5. The van der Waals surface area contributed by atoms with Crippen LogP contribution in [-0.4, -0.2) is 36.8 Å². The number of benzene rings is 2. The molecule has 3 aromatic rings. The van der Waals surface area contributed by atoms with Crippen LogP contribution in [0.25, 0.3) is 0 Å². The van der Waals surface area contributed by atoms with Crippen LogP contribution in [0.15, 0.2) is 57.8 Å². The topological polar surface area (TPSA) is 92.3 Å². The number of nitrogens with one attached hydrogen (secondary N) is 1. The first-order valence-electron chi connectivity index (χ1n) is 9.77. The molecule has 0 aliphatic rings. The van der Waals surface area contributed by atoms with Crippen molar-refractivity contribution in [3.05, 3.63) is 59.1 Å². The molecule has 3 rings (SSSR count). The fraction of sp³-hybridized carbons (Fsp3) is 0.286. The molecule has 0 aliphatic heterocycles. The lowest BCUT2D eigenvalue weighted by molar-refractivity contribution is -0.114. The van der Waals surface area contributed by atoms with Crippen LogP contribution in [0, 0.1) is 12.8 Å². The van der Waals surface area contributed by atoms with Crippen LogP contribution in [0.4, 0.5) is 10.8 Å². The normalized spacial score (nSPS) is 11.5. The minimum absolute atomic E-state index is 0.0428. The molecule has 0 atom stereocenters. The van der Waals surface area contributed by atoms with Gasteiger partial charge in [-0.05, 0) is 48.7 Å². The molecule has 2 aromatic carbocycles. The zero-order valence-corrected chi connectivity index (χ0v) is 21.0. The third-order valence-corrected chi connectivity index (χ3v) is 8.69. The van der Waals surface area contributed by atoms with Gasteiger partial charge in [-0.3, -0.25) is 14.4 Å². The van der Waals surface area contributed by atoms with Crippen molar-refractivity contribution in [3.8, 4) is 0 Å². The third-order valence-electron chi connectivity index (χ3n) is 4.27. The van der Waals surface area contributed by atoms with Crippen molar-refractivity contribution in [2.45, 2.75) is 30.0 Å². The fourth-order valence-electron chi connectivity index (χ4n) is 2.72. The van der Waals surface area contributed by atoms with E-state index < -0.39 is 22.5 Å². The van der Waals surface area contributed by atoms with Crippen LogP contribution >= 0.6 is 34.7 Å². The molecule has 1 aromatic heterocycles. The summed E-state index contributed by atoms with van der Waals surface area (Å²) in [6.45, 7) is 5.60. The maximum atomic E-state index is 13.4. The molecule has 1 N–H and O–H groups in total. The van der Waals surface area contributed by atoms with Gasteiger partial charge in [0.15, 0.2) is 4.34 Å². The molecule has 0 aliphatic carbocycles. The van der Waals surface area contributed by atoms with Gasteiger partial charge in [-0.25, -0.2) is 8.42 Å². The van der Waals surface area contributed by atoms with Crippen LogP contribution in [0.5, 0.6) is 0 Å². The molecule has 170 valence electrons. The highest BCUT2D eigenvalue weighted by molar-refractivity contribution is 8.01. The molecule has 0 bridgehead atoms. The zero-order chi connectivity index (χ0) is 23.3. The smallest absolute Gasteiger partial charge is 0.264 e. The number of aryl methyl sites for hydroxylation is 1. The number of carbonyl (C=O) groups excluding carboxylic acids is 1. The van der Waals surface area contributed by atoms with Gasteiger partial charge in [-0.1, -0.05) is 66.7 Å². The summed E-state index contributed by atoms with van der Waals surface area (Å²) in [7, 11) is -4.02. The summed E-state index contributed by atoms with van der Waals surface area (Å²) in [6, 6.07) is 12.8. The Hall–Kier alpha value is -2.14. The number of carbonyl (C=O) groups is 1. The van der Waals surface area contributed by atoms with E-state index in [9.17, 15) is 13.2 Å². The molecule has 1 amide bonds. The van der Waals surface area contributed by atoms with Gasteiger partial charge < -0.3 is 0 Å². The van der Waals surface area contributed by atoms with Crippen molar-refractivity contribution in [1.82, 2.24) is 10.2 Å². The van der Waals surface area contributed by atoms with Crippen LogP contribution < -0.4 is 9.62 Å².